The first kappa shape index (κ1) is 32.9. The van der Waals surface area contributed by atoms with Gasteiger partial charge in [0.15, 0.2) is 0 Å². The molecule has 6 N–H and O–H groups in total. The second kappa shape index (κ2) is 14.2. The minimum absolute atomic E-state index is 0.0688. The lowest BCUT2D eigenvalue weighted by Gasteiger charge is -2.41. The van der Waals surface area contributed by atoms with Gasteiger partial charge < -0.3 is 54.3 Å². The second-order valence-corrected chi connectivity index (χ2v) is 11.7. The van der Waals surface area contributed by atoms with E-state index in [1.165, 1.54) is 30.5 Å². The fourth-order valence-electron chi connectivity index (χ4n) is 5.84. The molecule has 2 aliphatic heterocycles. The minimum atomic E-state index is -1.95. The van der Waals surface area contributed by atoms with E-state index in [0.29, 0.717) is 23.3 Å². The molecule has 3 aliphatic rings. The van der Waals surface area contributed by atoms with Gasteiger partial charge in [-0.05, 0) is 41.7 Å². The highest BCUT2D eigenvalue weighted by atomic mass is 16.7. The summed E-state index contributed by atoms with van der Waals surface area (Å²) in [5.74, 6) is -1.41. The maximum absolute atomic E-state index is 12.8. The Morgan fingerprint density at radius 3 is 2.53 bits per heavy atom. The van der Waals surface area contributed by atoms with Crippen LogP contribution in [0, 0.1) is 17.8 Å². The molecule has 0 amide bonds. The normalized spacial score (nSPS) is 34.0. The number of hydrogen-bond acceptors (Lipinski definition) is 12. The molecule has 1 saturated heterocycles. The SMILES string of the molecule is C=C(CC(C)C)O[C@@H]1OC=C(CO[C@@H]2CO[C@H](CO)[C@H](O)[C@H]2O)[C@H]2C[C@H](OC(=O)/C=C/c3ccc(O)cc3)[C@](O)(CO)[C@@H]12. The molecular formula is C31H42O12. The number of carbonyl (C=O) groups excluding carboxylic acids is 1. The molecule has 43 heavy (non-hydrogen) atoms. The van der Waals surface area contributed by atoms with Crippen LogP contribution in [0.15, 0.2) is 54.5 Å². The van der Waals surface area contributed by atoms with E-state index in [9.17, 15) is 35.4 Å². The molecule has 2 fully saturated rings. The Morgan fingerprint density at radius 2 is 1.88 bits per heavy atom. The second-order valence-electron chi connectivity index (χ2n) is 11.7. The Morgan fingerprint density at radius 1 is 1.16 bits per heavy atom. The van der Waals surface area contributed by atoms with Crippen molar-refractivity contribution < 1.29 is 59.1 Å². The Labute approximate surface area is 250 Å². The van der Waals surface area contributed by atoms with Crippen molar-refractivity contribution in [2.45, 2.75) is 69.1 Å². The highest BCUT2D eigenvalue weighted by Crippen LogP contribution is 2.51. The average molecular weight is 607 g/mol. The highest BCUT2D eigenvalue weighted by Gasteiger charge is 2.62. The smallest absolute Gasteiger partial charge is 0.331 e. The summed E-state index contributed by atoms with van der Waals surface area (Å²) in [5, 5.41) is 61.7. The first-order chi connectivity index (χ1) is 20.5. The molecule has 0 radical (unpaired) electrons. The lowest BCUT2D eigenvalue weighted by molar-refractivity contribution is -0.215. The molecule has 12 nitrogen and oxygen atoms in total. The van der Waals surface area contributed by atoms with Crippen LogP contribution in [-0.2, 0) is 28.5 Å². The van der Waals surface area contributed by atoms with Crippen molar-refractivity contribution in [3.8, 4) is 5.75 Å². The molecule has 0 aromatic heterocycles. The van der Waals surface area contributed by atoms with Crippen molar-refractivity contribution in [2.75, 3.05) is 26.4 Å². The zero-order valence-electron chi connectivity index (χ0n) is 24.3. The summed E-state index contributed by atoms with van der Waals surface area (Å²) in [6.45, 7) is 6.58. The van der Waals surface area contributed by atoms with E-state index < -0.39 is 73.4 Å². The molecule has 1 aliphatic carbocycles. The minimum Gasteiger partial charge on any atom is -0.508 e. The summed E-state index contributed by atoms with van der Waals surface area (Å²) in [6, 6.07) is 6.19. The van der Waals surface area contributed by atoms with E-state index >= 15 is 0 Å². The van der Waals surface area contributed by atoms with Crippen LogP contribution in [0.25, 0.3) is 6.08 Å². The molecule has 2 heterocycles. The van der Waals surface area contributed by atoms with Crippen LogP contribution in [-0.4, -0.2) is 105 Å². The third kappa shape index (κ3) is 7.58. The predicted octanol–water partition coefficient (Wildman–Crippen LogP) is 0.991. The number of phenols is 1. The molecule has 1 aromatic carbocycles. The summed E-state index contributed by atoms with van der Waals surface area (Å²) in [4.78, 5) is 12.8. The number of aromatic hydroxyl groups is 1. The average Bonchev–Trinajstić information content (AvgIpc) is 3.26. The first-order valence-electron chi connectivity index (χ1n) is 14.4. The largest absolute Gasteiger partial charge is 0.508 e. The van der Waals surface area contributed by atoms with Gasteiger partial charge in [-0.15, -0.1) is 0 Å². The van der Waals surface area contributed by atoms with Crippen molar-refractivity contribution in [1.29, 1.82) is 0 Å². The number of esters is 1. The Bertz CT molecular complexity index is 1160. The van der Waals surface area contributed by atoms with Crippen LogP contribution in [0.2, 0.25) is 0 Å². The van der Waals surface area contributed by atoms with Crippen LogP contribution in [0.4, 0.5) is 0 Å². The van der Waals surface area contributed by atoms with Crippen molar-refractivity contribution in [3.63, 3.8) is 0 Å². The fourth-order valence-corrected chi connectivity index (χ4v) is 5.84. The van der Waals surface area contributed by atoms with Gasteiger partial charge in [-0.2, -0.15) is 0 Å². The van der Waals surface area contributed by atoms with Crippen LogP contribution >= 0.6 is 0 Å². The molecule has 238 valence electrons. The summed E-state index contributed by atoms with van der Waals surface area (Å²) in [6.07, 6.45) is -1.93. The Hall–Kier alpha value is -2.97. The van der Waals surface area contributed by atoms with E-state index in [0.717, 1.165) is 0 Å². The lowest BCUT2D eigenvalue weighted by Crippen LogP contribution is -2.55. The van der Waals surface area contributed by atoms with Gasteiger partial charge in [-0.25, -0.2) is 4.79 Å². The van der Waals surface area contributed by atoms with Gasteiger partial charge in [0.25, 0.3) is 0 Å². The number of aliphatic hydroxyl groups excluding tert-OH is 4. The van der Waals surface area contributed by atoms with Gasteiger partial charge in [-0.1, -0.05) is 32.6 Å². The number of ether oxygens (including phenoxy) is 5. The summed E-state index contributed by atoms with van der Waals surface area (Å²) >= 11 is 0. The Balaban J connectivity index is 1.52. The number of benzene rings is 1. The van der Waals surface area contributed by atoms with Crippen molar-refractivity contribution >= 4 is 12.0 Å². The molecular weight excluding hydrogens is 564 g/mol. The molecule has 1 saturated carbocycles. The maximum atomic E-state index is 12.8. The van der Waals surface area contributed by atoms with Crippen LogP contribution in [0.1, 0.15) is 32.3 Å². The molecule has 9 atom stereocenters. The number of hydrogen-bond donors (Lipinski definition) is 6. The van der Waals surface area contributed by atoms with Crippen molar-refractivity contribution in [3.05, 3.63) is 60.1 Å². The lowest BCUT2D eigenvalue weighted by atomic mass is 9.80. The quantitative estimate of drug-likeness (QED) is 0.113. The Kier molecular flexibility index (Phi) is 10.9. The highest BCUT2D eigenvalue weighted by molar-refractivity contribution is 5.87. The van der Waals surface area contributed by atoms with Gasteiger partial charge in [0.2, 0.25) is 6.29 Å². The van der Waals surface area contributed by atoms with Gasteiger partial charge >= 0.3 is 5.97 Å². The molecule has 0 unspecified atom stereocenters. The maximum Gasteiger partial charge on any atom is 0.331 e. The van der Waals surface area contributed by atoms with Gasteiger partial charge in [0.05, 0.1) is 44.4 Å². The standard InChI is InChI=1S/C31H42O12/c1-17(2)10-18(3)42-30-27-22(20(14-41-30)13-39-24-15-40-23(12-32)28(36)29(24)37)11-25(31(27,38)16-33)43-26(35)9-6-19-4-7-21(34)8-5-19/h4-9,14,17,22-25,27-30,32-34,36-38H,3,10-13,15-16H2,1-2H3/b9-6+/t22-,23-,24-,25+,27-,28+,29+,30+,31-/m1/s1. The van der Waals surface area contributed by atoms with Gasteiger partial charge in [0, 0.05) is 18.4 Å². The third-order valence-corrected chi connectivity index (χ3v) is 8.13. The predicted molar refractivity (Wildman–Crippen MR) is 152 cm³/mol. The van der Waals surface area contributed by atoms with E-state index in [1.807, 2.05) is 13.8 Å². The fraction of sp³-hybridized carbons (Fsp3) is 0.581. The number of carbonyl (C=O) groups is 1. The third-order valence-electron chi connectivity index (χ3n) is 8.13. The summed E-state index contributed by atoms with van der Waals surface area (Å²) in [5.41, 5.74) is -0.757. The molecule has 4 rings (SSSR count). The van der Waals surface area contributed by atoms with E-state index in [4.69, 9.17) is 23.7 Å². The van der Waals surface area contributed by atoms with Crippen LogP contribution < -0.4 is 0 Å². The van der Waals surface area contributed by atoms with Crippen molar-refractivity contribution in [2.24, 2.45) is 17.8 Å². The topological polar surface area (TPSA) is 185 Å². The van der Waals surface area contributed by atoms with Crippen molar-refractivity contribution in [1.82, 2.24) is 0 Å². The molecule has 0 spiro atoms. The number of rotatable bonds is 12. The monoisotopic (exact) mass is 606 g/mol. The first-order valence-corrected chi connectivity index (χ1v) is 14.4. The number of phenolic OH excluding ortho intramolecular Hbond substituents is 1. The van der Waals surface area contributed by atoms with E-state index in [2.05, 4.69) is 6.58 Å². The van der Waals surface area contributed by atoms with Gasteiger partial charge in [0.1, 0.15) is 41.9 Å². The number of fused-ring (bicyclic) bond motifs is 1. The van der Waals surface area contributed by atoms with E-state index in [-0.39, 0.29) is 31.3 Å². The van der Waals surface area contributed by atoms with E-state index in [1.54, 1.807) is 12.1 Å². The van der Waals surface area contributed by atoms with Gasteiger partial charge in [-0.3, -0.25) is 0 Å². The molecule has 0 bridgehead atoms. The summed E-state index contributed by atoms with van der Waals surface area (Å²) in [7, 11) is 0. The zero-order chi connectivity index (χ0) is 31.3. The molecule has 12 heteroatoms. The number of aliphatic hydroxyl groups is 5. The molecule has 1 aromatic rings. The summed E-state index contributed by atoms with van der Waals surface area (Å²) < 4.78 is 28.9. The van der Waals surface area contributed by atoms with Crippen LogP contribution in [0.5, 0.6) is 5.75 Å². The van der Waals surface area contributed by atoms with Crippen LogP contribution in [0.3, 0.4) is 0 Å². The zero-order valence-corrected chi connectivity index (χ0v) is 24.3. The number of allylic oxidation sites excluding steroid dienone is 1.